The first-order valence-electron chi connectivity index (χ1n) is 8.63. The Bertz CT molecular complexity index is 1150. The summed E-state index contributed by atoms with van der Waals surface area (Å²) in [5, 5.41) is 15.1. The Balaban J connectivity index is 1.97. The van der Waals surface area contributed by atoms with Crippen LogP contribution in [-0.4, -0.2) is 22.0 Å². The minimum Gasteiger partial charge on any atom is -0.507 e. The molecule has 2 heterocycles. The molecule has 1 fully saturated rings. The average Bonchev–Trinajstić information content (AvgIpc) is 3.23. The summed E-state index contributed by atoms with van der Waals surface area (Å²) < 4.78 is 19.7. The molecule has 0 aliphatic carbocycles. The van der Waals surface area contributed by atoms with Gasteiger partial charge >= 0.3 is 5.91 Å². The van der Waals surface area contributed by atoms with Gasteiger partial charge in [0.1, 0.15) is 17.3 Å². The van der Waals surface area contributed by atoms with Gasteiger partial charge in [-0.15, -0.1) is 0 Å². The van der Waals surface area contributed by atoms with Crippen molar-refractivity contribution in [3.05, 3.63) is 87.9 Å². The number of amides is 1. The summed E-state index contributed by atoms with van der Waals surface area (Å²) in [7, 11) is 0. The minimum atomic E-state index is -1.21. The van der Waals surface area contributed by atoms with Crippen LogP contribution in [0, 0.1) is 12.7 Å². The highest BCUT2D eigenvalue weighted by Gasteiger charge is 2.48. The summed E-state index contributed by atoms with van der Waals surface area (Å²) in [6, 6.07) is 12.1. The number of halogens is 2. The lowest BCUT2D eigenvalue weighted by Crippen LogP contribution is -2.30. The first-order chi connectivity index (χ1) is 13.9. The summed E-state index contributed by atoms with van der Waals surface area (Å²) in [6.07, 6.45) is 0. The highest BCUT2D eigenvalue weighted by molar-refractivity contribution is 6.51. The van der Waals surface area contributed by atoms with Crippen molar-refractivity contribution < 1.29 is 23.6 Å². The van der Waals surface area contributed by atoms with Crippen LogP contribution >= 0.6 is 11.6 Å². The Labute approximate surface area is 169 Å². The molecule has 29 heavy (non-hydrogen) atoms. The number of aliphatic hydroxyl groups is 1. The molecule has 0 radical (unpaired) electrons. The number of carbonyl (C=O) groups excluding carboxylic acids is 2. The number of carbonyl (C=O) groups is 2. The van der Waals surface area contributed by atoms with E-state index in [0.29, 0.717) is 10.8 Å². The van der Waals surface area contributed by atoms with Crippen LogP contribution in [0.25, 0.3) is 5.76 Å². The predicted molar refractivity (Wildman–Crippen MR) is 104 cm³/mol. The van der Waals surface area contributed by atoms with Gasteiger partial charge in [-0.1, -0.05) is 35.0 Å². The van der Waals surface area contributed by atoms with Crippen molar-refractivity contribution in [2.45, 2.75) is 13.0 Å². The van der Waals surface area contributed by atoms with Crippen LogP contribution < -0.4 is 4.90 Å². The number of aliphatic hydroxyl groups excluding tert-OH is 1. The van der Waals surface area contributed by atoms with Crippen molar-refractivity contribution in [1.82, 2.24) is 5.16 Å². The number of nitrogens with zero attached hydrogens (tertiary/aromatic N) is 2. The van der Waals surface area contributed by atoms with Gasteiger partial charge in [0.15, 0.2) is 5.82 Å². The van der Waals surface area contributed by atoms with E-state index < -0.39 is 29.3 Å². The number of hydrogen-bond acceptors (Lipinski definition) is 5. The number of anilines is 1. The van der Waals surface area contributed by atoms with Gasteiger partial charge in [0, 0.05) is 22.2 Å². The minimum absolute atomic E-state index is 0.0443. The van der Waals surface area contributed by atoms with Gasteiger partial charge in [-0.3, -0.25) is 14.5 Å². The average molecular weight is 413 g/mol. The number of Topliss-reactive ketones (excluding diaryl/α,β-unsaturated/α-hetero) is 1. The van der Waals surface area contributed by atoms with E-state index in [1.54, 1.807) is 13.0 Å². The molecule has 0 bridgehead atoms. The topological polar surface area (TPSA) is 83.6 Å². The zero-order chi connectivity index (χ0) is 20.7. The number of hydrogen-bond donors (Lipinski definition) is 1. The molecule has 4 rings (SSSR count). The first kappa shape index (κ1) is 18.9. The quantitative estimate of drug-likeness (QED) is 0.391. The SMILES string of the molecule is Cc1cc(N2C(=O)C(=O)C(=C(O)c3ccc(Cl)cc3)[C@@H]2c2ccccc2F)no1. The second-order valence-electron chi connectivity index (χ2n) is 6.49. The van der Waals surface area contributed by atoms with Crippen molar-refractivity contribution in [2.24, 2.45) is 0 Å². The molecular weight excluding hydrogens is 399 g/mol. The summed E-state index contributed by atoms with van der Waals surface area (Å²) in [5.74, 6) is -2.50. The molecule has 1 atom stereocenters. The summed E-state index contributed by atoms with van der Waals surface area (Å²) in [4.78, 5) is 26.7. The molecule has 1 aliphatic heterocycles. The zero-order valence-corrected chi connectivity index (χ0v) is 15.9. The predicted octanol–water partition coefficient (Wildman–Crippen LogP) is 4.40. The molecule has 1 N–H and O–H groups in total. The highest BCUT2D eigenvalue weighted by Crippen LogP contribution is 2.42. The van der Waals surface area contributed by atoms with Gasteiger partial charge in [0.2, 0.25) is 0 Å². The van der Waals surface area contributed by atoms with Crippen molar-refractivity contribution >= 4 is 34.9 Å². The molecule has 6 nitrogen and oxygen atoms in total. The number of aryl methyl sites for hydroxylation is 1. The Morgan fingerprint density at radius 2 is 1.86 bits per heavy atom. The molecule has 1 saturated heterocycles. The van der Waals surface area contributed by atoms with Gasteiger partial charge in [-0.25, -0.2) is 4.39 Å². The second-order valence-corrected chi connectivity index (χ2v) is 6.93. The molecule has 0 unspecified atom stereocenters. The van der Waals surface area contributed by atoms with Crippen LogP contribution in [0.15, 0.2) is 64.7 Å². The molecule has 1 aromatic heterocycles. The molecule has 3 aromatic rings. The van der Waals surface area contributed by atoms with Crippen LogP contribution in [0.1, 0.15) is 22.9 Å². The first-order valence-corrected chi connectivity index (χ1v) is 9.01. The lowest BCUT2D eigenvalue weighted by atomic mass is 9.95. The monoisotopic (exact) mass is 412 g/mol. The molecule has 1 aliphatic rings. The van der Waals surface area contributed by atoms with E-state index in [-0.39, 0.29) is 22.5 Å². The Kier molecular flexibility index (Phi) is 4.68. The fourth-order valence-electron chi connectivity index (χ4n) is 3.29. The summed E-state index contributed by atoms with van der Waals surface area (Å²) >= 11 is 5.88. The van der Waals surface area contributed by atoms with E-state index in [4.69, 9.17) is 16.1 Å². The molecule has 146 valence electrons. The molecule has 2 aromatic carbocycles. The van der Waals surface area contributed by atoms with E-state index in [1.165, 1.54) is 48.5 Å². The maximum absolute atomic E-state index is 14.7. The lowest BCUT2D eigenvalue weighted by Gasteiger charge is -2.23. The lowest BCUT2D eigenvalue weighted by molar-refractivity contribution is -0.132. The van der Waals surface area contributed by atoms with E-state index in [1.807, 2.05) is 0 Å². The molecular formula is C21H14ClFN2O4. The van der Waals surface area contributed by atoms with Gasteiger partial charge < -0.3 is 9.63 Å². The van der Waals surface area contributed by atoms with Crippen LogP contribution in [0.3, 0.4) is 0 Å². The van der Waals surface area contributed by atoms with Crippen molar-refractivity contribution in [1.29, 1.82) is 0 Å². The Morgan fingerprint density at radius 3 is 2.48 bits per heavy atom. The maximum atomic E-state index is 14.7. The third kappa shape index (κ3) is 3.19. The Hall–Kier alpha value is -3.45. The smallest absolute Gasteiger partial charge is 0.301 e. The van der Waals surface area contributed by atoms with Crippen molar-refractivity contribution in [3.8, 4) is 0 Å². The summed E-state index contributed by atoms with van der Waals surface area (Å²) in [6.45, 7) is 1.62. The van der Waals surface area contributed by atoms with Gasteiger partial charge in [0.25, 0.3) is 5.78 Å². The Morgan fingerprint density at radius 1 is 1.17 bits per heavy atom. The summed E-state index contributed by atoms with van der Waals surface area (Å²) in [5.41, 5.74) is 0.0658. The van der Waals surface area contributed by atoms with Crippen molar-refractivity contribution in [3.63, 3.8) is 0 Å². The fraction of sp³-hybridized carbons (Fsp3) is 0.0952. The normalized spacial score (nSPS) is 18.4. The van der Waals surface area contributed by atoms with Crippen LogP contribution in [0.4, 0.5) is 10.2 Å². The number of aromatic nitrogens is 1. The van der Waals surface area contributed by atoms with E-state index in [2.05, 4.69) is 5.16 Å². The van der Waals surface area contributed by atoms with Crippen LogP contribution in [0.2, 0.25) is 5.02 Å². The standard InChI is InChI=1S/C21H14ClFN2O4/c1-11-10-16(24-29-11)25-18(14-4-2-3-5-15(14)23)17(20(27)21(25)28)19(26)12-6-8-13(22)9-7-12/h2-10,18,26H,1H3/t18-/m0/s1. The molecule has 0 saturated carbocycles. The maximum Gasteiger partial charge on any atom is 0.301 e. The molecule has 8 heteroatoms. The van der Waals surface area contributed by atoms with Crippen LogP contribution in [0.5, 0.6) is 0 Å². The molecule has 1 amide bonds. The third-order valence-electron chi connectivity index (χ3n) is 4.62. The largest absolute Gasteiger partial charge is 0.507 e. The number of benzene rings is 2. The van der Waals surface area contributed by atoms with E-state index in [9.17, 15) is 19.1 Å². The zero-order valence-electron chi connectivity index (χ0n) is 15.1. The van der Waals surface area contributed by atoms with Gasteiger partial charge in [0.05, 0.1) is 11.6 Å². The van der Waals surface area contributed by atoms with Gasteiger partial charge in [-0.2, -0.15) is 0 Å². The molecule has 0 spiro atoms. The van der Waals surface area contributed by atoms with Crippen molar-refractivity contribution in [2.75, 3.05) is 4.90 Å². The number of rotatable bonds is 3. The highest BCUT2D eigenvalue weighted by atomic mass is 35.5. The fourth-order valence-corrected chi connectivity index (χ4v) is 3.42. The van der Waals surface area contributed by atoms with E-state index >= 15 is 0 Å². The second kappa shape index (κ2) is 7.18. The van der Waals surface area contributed by atoms with Gasteiger partial charge in [-0.05, 0) is 37.3 Å². The van der Waals surface area contributed by atoms with E-state index in [0.717, 1.165) is 4.90 Å². The number of ketones is 1. The third-order valence-corrected chi connectivity index (χ3v) is 4.88. The van der Waals surface area contributed by atoms with Crippen LogP contribution in [-0.2, 0) is 9.59 Å².